The Morgan fingerprint density at radius 3 is 2.46 bits per heavy atom. The van der Waals surface area contributed by atoms with Gasteiger partial charge in [-0.3, -0.25) is 0 Å². The molecular formula is C14H13F2N7O2S. The maximum absolute atomic E-state index is 13.4. The molecule has 0 atom stereocenters. The molecule has 0 unspecified atom stereocenters. The summed E-state index contributed by atoms with van der Waals surface area (Å²) in [6, 6.07) is 6.04. The molecule has 1 aliphatic rings. The fraction of sp³-hybridized carbons (Fsp3) is 0.286. The second-order valence-corrected chi connectivity index (χ2v) is 7.62. The predicted octanol–water partition coefficient (Wildman–Crippen LogP) is 0.308. The van der Waals surface area contributed by atoms with Crippen LogP contribution in [0.25, 0.3) is 5.65 Å². The van der Waals surface area contributed by atoms with Crippen LogP contribution in [0, 0.1) is 11.6 Å². The SMILES string of the molecule is O=S(=O)(c1ccc(F)c(F)c1)N1CCN(c2ccc3nnnn3n2)CC1. The number of tetrazole rings is 1. The lowest BCUT2D eigenvalue weighted by atomic mass is 10.3. The van der Waals surface area contributed by atoms with E-state index in [0.29, 0.717) is 30.6 Å². The van der Waals surface area contributed by atoms with Gasteiger partial charge < -0.3 is 4.90 Å². The fourth-order valence-corrected chi connectivity index (χ4v) is 4.19. The van der Waals surface area contributed by atoms with E-state index < -0.39 is 21.7 Å². The molecule has 1 saturated heterocycles. The van der Waals surface area contributed by atoms with Crippen molar-refractivity contribution in [1.82, 2.24) is 29.6 Å². The van der Waals surface area contributed by atoms with Crippen molar-refractivity contribution in [3.8, 4) is 0 Å². The Morgan fingerprint density at radius 2 is 1.73 bits per heavy atom. The minimum Gasteiger partial charge on any atom is -0.352 e. The molecule has 3 aromatic rings. The van der Waals surface area contributed by atoms with E-state index in [4.69, 9.17) is 0 Å². The molecule has 0 N–H and O–H groups in total. The predicted molar refractivity (Wildman–Crippen MR) is 85.9 cm³/mol. The van der Waals surface area contributed by atoms with Crippen molar-refractivity contribution in [3.63, 3.8) is 0 Å². The van der Waals surface area contributed by atoms with Crippen molar-refractivity contribution in [3.05, 3.63) is 42.0 Å². The van der Waals surface area contributed by atoms with Gasteiger partial charge in [-0.2, -0.15) is 4.31 Å². The van der Waals surface area contributed by atoms with Gasteiger partial charge >= 0.3 is 0 Å². The molecule has 12 heteroatoms. The van der Waals surface area contributed by atoms with Gasteiger partial charge in [0.15, 0.2) is 23.1 Å². The minimum absolute atomic E-state index is 0.191. The Kier molecular flexibility index (Phi) is 4.00. The molecule has 0 aliphatic carbocycles. The molecule has 1 aliphatic heterocycles. The van der Waals surface area contributed by atoms with E-state index in [2.05, 4.69) is 20.6 Å². The maximum Gasteiger partial charge on any atom is 0.243 e. The smallest absolute Gasteiger partial charge is 0.243 e. The summed E-state index contributed by atoms with van der Waals surface area (Å²) >= 11 is 0. The number of piperazine rings is 1. The van der Waals surface area contributed by atoms with Crippen LogP contribution in [0.1, 0.15) is 0 Å². The zero-order valence-electron chi connectivity index (χ0n) is 13.3. The normalized spacial score (nSPS) is 16.3. The lowest BCUT2D eigenvalue weighted by Gasteiger charge is -2.34. The largest absolute Gasteiger partial charge is 0.352 e. The summed E-state index contributed by atoms with van der Waals surface area (Å²) in [7, 11) is -3.89. The fourth-order valence-electron chi connectivity index (χ4n) is 2.75. The number of anilines is 1. The molecule has 0 radical (unpaired) electrons. The van der Waals surface area contributed by atoms with E-state index in [1.807, 2.05) is 4.90 Å². The van der Waals surface area contributed by atoms with Crippen LogP contribution in [0.3, 0.4) is 0 Å². The number of hydrogen-bond acceptors (Lipinski definition) is 7. The van der Waals surface area contributed by atoms with Crippen LogP contribution in [0.2, 0.25) is 0 Å². The first-order valence-corrected chi connectivity index (χ1v) is 9.15. The summed E-state index contributed by atoms with van der Waals surface area (Å²) in [5.41, 5.74) is 0.508. The van der Waals surface area contributed by atoms with E-state index in [0.717, 1.165) is 12.1 Å². The topological polar surface area (TPSA) is 96.6 Å². The lowest BCUT2D eigenvalue weighted by molar-refractivity contribution is 0.382. The molecule has 0 amide bonds. The van der Waals surface area contributed by atoms with Crippen molar-refractivity contribution >= 4 is 21.5 Å². The number of halogens is 2. The van der Waals surface area contributed by atoms with Crippen LogP contribution >= 0.6 is 0 Å². The standard InChI is InChI=1S/C14H13F2N7O2S/c15-11-2-1-10(9-12(11)16)26(24,25)22-7-5-21(6-8-22)14-4-3-13-17-19-20-23(13)18-14/h1-4,9H,5-8H2. The highest BCUT2D eigenvalue weighted by Gasteiger charge is 2.29. The Morgan fingerprint density at radius 1 is 0.962 bits per heavy atom. The molecule has 26 heavy (non-hydrogen) atoms. The number of benzene rings is 1. The molecule has 136 valence electrons. The first-order valence-electron chi connectivity index (χ1n) is 7.71. The van der Waals surface area contributed by atoms with Gasteiger partial charge in [-0.25, -0.2) is 17.2 Å². The van der Waals surface area contributed by atoms with Gasteiger partial charge in [0.1, 0.15) is 0 Å². The van der Waals surface area contributed by atoms with Crippen molar-refractivity contribution in [2.45, 2.75) is 4.90 Å². The summed E-state index contributed by atoms with van der Waals surface area (Å²) in [5.74, 6) is -1.66. The zero-order valence-corrected chi connectivity index (χ0v) is 14.1. The number of rotatable bonds is 3. The molecule has 2 aromatic heterocycles. The average molecular weight is 381 g/mol. The van der Waals surface area contributed by atoms with Crippen LogP contribution in [-0.2, 0) is 10.0 Å². The summed E-state index contributed by atoms with van der Waals surface area (Å²) < 4.78 is 54.2. The summed E-state index contributed by atoms with van der Waals surface area (Å²) in [6.07, 6.45) is 0. The average Bonchev–Trinajstić information content (AvgIpc) is 3.11. The maximum atomic E-state index is 13.4. The van der Waals surface area contributed by atoms with E-state index in [1.54, 1.807) is 12.1 Å². The van der Waals surface area contributed by atoms with E-state index >= 15 is 0 Å². The number of sulfonamides is 1. The molecule has 0 bridgehead atoms. The van der Waals surface area contributed by atoms with Crippen molar-refractivity contribution < 1.29 is 17.2 Å². The molecular weight excluding hydrogens is 368 g/mol. The molecule has 0 spiro atoms. The number of aromatic nitrogens is 5. The van der Waals surface area contributed by atoms with Gasteiger partial charge in [0.25, 0.3) is 0 Å². The highest BCUT2D eigenvalue weighted by Crippen LogP contribution is 2.21. The van der Waals surface area contributed by atoms with Gasteiger partial charge in [-0.15, -0.1) is 14.8 Å². The van der Waals surface area contributed by atoms with Crippen LogP contribution in [-0.4, -0.2) is 64.2 Å². The Hall–Kier alpha value is -2.73. The first-order chi connectivity index (χ1) is 12.4. The van der Waals surface area contributed by atoms with Crippen LogP contribution in [0.15, 0.2) is 35.2 Å². The molecule has 0 saturated carbocycles. The highest BCUT2D eigenvalue weighted by atomic mass is 32.2. The second-order valence-electron chi connectivity index (χ2n) is 5.69. The number of nitrogens with zero attached hydrogens (tertiary/aromatic N) is 7. The van der Waals surface area contributed by atoms with Crippen molar-refractivity contribution in [1.29, 1.82) is 0 Å². The Bertz CT molecular complexity index is 1060. The van der Waals surface area contributed by atoms with E-state index in [-0.39, 0.29) is 18.0 Å². The van der Waals surface area contributed by atoms with E-state index in [1.165, 1.54) is 8.94 Å². The summed E-state index contributed by atoms with van der Waals surface area (Å²) in [5, 5.41) is 15.3. The van der Waals surface area contributed by atoms with Gasteiger partial charge in [0, 0.05) is 26.2 Å². The van der Waals surface area contributed by atoms with Gasteiger partial charge in [-0.05, 0) is 40.8 Å². The van der Waals surface area contributed by atoms with Crippen LogP contribution < -0.4 is 4.90 Å². The third-order valence-electron chi connectivity index (χ3n) is 4.15. The third-order valence-corrected chi connectivity index (χ3v) is 6.04. The van der Waals surface area contributed by atoms with Gasteiger partial charge in [0.2, 0.25) is 10.0 Å². The quantitative estimate of drug-likeness (QED) is 0.644. The van der Waals surface area contributed by atoms with Crippen LogP contribution in [0.4, 0.5) is 14.6 Å². The molecule has 9 nitrogen and oxygen atoms in total. The molecule has 4 rings (SSSR count). The van der Waals surface area contributed by atoms with Crippen LogP contribution in [0.5, 0.6) is 0 Å². The Balaban J connectivity index is 1.51. The summed E-state index contributed by atoms with van der Waals surface area (Å²) in [4.78, 5) is 1.64. The number of fused-ring (bicyclic) bond motifs is 1. The lowest BCUT2D eigenvalue weighted by Crippen LogP contribution is -2.49. The highest BCUT2D eigenvalue weighted by molar-refractivity contribution is 7.89. The minimum atomic E-state index is -3.89. The van der Waals surface area contributed by atoms with Gasteiger partial charge in [0.05, 0.1) is 4.90 Å². The van der Waals surface area contributed by atoms with Crippen molar-refractivity contribution in [2.24, 2.45) is 0 Å². The van der Waals surface area contributed by atoms with E-state index in [9.17, 15) is 17.2 Å². The Labute approximate surface area is 146 Å². The molecule has 1 fully saturated rings. The molecule has 1 aromatic carbocycles. The zero-order chi connectivity index (χ0) is 18.3. The second kappa shape index (κ2) is 6.21. The molecule has 3 heterocycles. The van der Waals surface area contributed by atoms with Crippen molar-refractivity contribution in [2.75, 3.05) is 31.1 Å². The number of hydrogen-bond donors (Lipinski definition) is 0. The third kappa shape index (κ3) is 2.86. The summed E-state index contributed by atoms with van der Waals surface area (Å²) in [6.45, 7) is 1.17. The first kappa shape index (κ1) is 16.7. The van der Waals surface area contributed by atoms with Gasteiger partial charge in [-0.1, -0.05) is 0 Å². The monoisotopic (exact) mass is 381 g/mol.